The highest BCUT2D eigenvalue weighted by Crippen LogP contribution is 2.27. The molecule has 0 saturated carbocycles. The smallest absolute Gasteiger partial charge is 0.246 e. The van der Waals surface area contributed by atoms with E-state index in [4.69, 9.17) is 0 Å². The number of aromatic amines is 1. The van der Waals surface area contributed by atoms with Gasteiger partial charge in [0.15, 0.2) is 11.6 Å². The molecule has 0 aliphatic carbocycles. The topological polar surface area (TPSA) is 99.8 Å². The van der Waals surface area contributed by atoms with Gasteiger partial charge in [-0.1, -0.05) is 42.5 Å². The first-order chi connectivity index (χ1) is 12.7. The molecule has 4 rings (SSSR count). The molecule has 0 spiro atoms. The van der Waals surface area contributed by atoms with Crippen LogP contribution >= 0.6 is 0 Å². The molecule has 2 aromatic carbocycles. The van der Waals surface area contributed by atoms with E-state index >= 15 is 0 Å². The van der Waals surface area contributed by atoms with E-state index in [2.05, 4.69) is 25.8 Å². The summed E-state index contributed by atoms with van der Waals surface area (Å²) in [5.41, 5.74) is 2.26. The van der Waals surface area contributed by atoms with Crippen molar-refractivity contribution in [3.63, 3.8) is 0 Å². The molecule has 1 atom stereocenters. The average Bonchev–Trinajstić information content (AvgIpc) is 3.32. The van der Waals surface area contributed by atoms with Crippen molar-refractivity contribution in [2.75, 3.05) is 5.32 Å². The first-order valence-electron chi connectivity index (χ1n) is 8.38. The molecular weight excluding hydrogens is 330 g/mol. The van der Waals surface area contributed by atoms with Gasteiger partial charge in [0.2, 0.25) is 11.8 Å². The summed E-state index contributed by atoms with van der Waals surface area (Å²) in [5, 5.41) is 12.7. The summed E-state index contributed by atoms with van der Waals surface area (Å²) in [6, 6.07) is 16.5. The number of nitrogens with zero attached hydrogens (tertiary/aromatic N) is 2. The summed E-state index contributed by atoms with van der Waals surface area (Å²) in [4.78, 5) is 28.3. The van der Waals surface area contributed by atoms with E-state index < -0.39 is 6.04 Å². The maximum Gasteiger partial charge on any atom is 0.246 e. The van der Waals surface area contributed by atoms with Crippen LogP contribution in [0.4, 0.5) is 5.69 Å². The Bertz CT molecular complexity index is 951. The van der Waals surface area contributed by atoms with Gasteiger partial charge in [-0.15, -0.1) is 0 Å². The normalized spacial score (nSPS) is 16.3. The monoisotopic (exact) mass is 347 g/mol. The van der Waals surface area contributed by atoms with Crippen molar-refractivity contribution in [3.05, 3.63) is 54.6 Å². The number of para-hydroxylation sites is 1. The van der Waals surface area contributed by atoms with Crippen molar-refractivity contribution in [3.8, 4) is 22.8 Å². The van der Waals surface area contributed by atoms with Gasteiger partial charge in [-0.05, 0) is 18.6 Å². The van der Waals surface area contributed by atoms with Crippen LogP contribution in [0.3, 0.4) is 0 Å². The number of rotatable bonds is 4. The Hall–Kier alpha value is -3.48. The number of H-pyrrole nitrogens is 1. The SMILES string of the molecule is O=C1CCC(C(=O)Nc2ccccc2-c2nc(-c3ccccc3)n[nH]2)N1. The summed E-state index contributed by atoms with van der Waals surface area (Å²) < 4.78 is 0. The Kier molecular flexibility index (Phi) is 4.18. The van der Waals surface area contributed by atoms with Gasteiger partial charge >= 0.3 is 0 Å². The highest BCUT2D eigenvalue weighted by atomic mass is 16.2. The number of hydrogen-bond acceptors (Lipinski definition) is 4. The van der Waals surface area contributed by atoms with Crippen LogP contribution in [-0.2, 0) is 9.59 Å². The molecule has 7 nitrogen and oxygen atoms in total. The number of hydrogen-bond donors (Lipinski definition) is 3. The summed E-state index contributed by atoms with van der Waals surface area (Å²) in [7, 11) is 0. The summed E-state index contributed by atoms with van der Waals surface area (Å²) in [6.45, 7) is 0. The number of amides is 2. The highest BCUT2D eigenvalue weighted by Gasteiger charge is 2.27. The average molecular weight is 347 g/mol. The number of carbonyl (C=O) groups excluding carboxylic acids is 2. The molecule has 2 heterocycles. The quantitative estimate of drug-likeness (QED) is 0.674. The Morgan fingerprint density at radius 1 is 1.08 bits per heavy atom. The zero-order valence-corrected chi connectivity index (χ0v) is 13.9. The molecule has 3 N–H and O–H groups in total. The van der Waals surface area contributed by atoms with E-state index in [0.717, 1.165) is 11.1 Å². The molecule has 2 amide bonds. The third kappa shape index (κ3) is 3.19. The molecule has 1 fully saturated rings. The largest absolute Gasteiger partial charge is 0.344 e. The van der Waals surface area contributed by atoms with E-state index in [1.54, 1.807) is 6.07 Å². The second-order valence-electron chi connectivity index (χ2n) is 6.07. The summed E-state index contributed by atoms with van der Waals surface area (Å²) >= 11 is 0. The molecule has 1 aliphatic heterocycles. The lowest BCUT2D eigenvalue weighted by molar-refractivity contribution is -0.122. The van der Waals surface area contributed by atoms with E-state index in [1.165, 1.54) is 0 Å². The van der Waals surface area contributed by atoms with Crippen molar-refractivity contribution in [2.45, 2.75) is 18.9 Å². The predicted octanol–water partition coefficient (Wildman–Crippen LogP) is 2.36. The second-order valence-corrected chi connectivity index (χ2v) is 6.07. The second kappa shape index (κ2) is 6.79. The van der Waals surface area contributed by atoms with Gasteiger partial charge in [0.05, 0.1) is 5.69 Å². The van der Waals surface area contributed by atoms with Crippen LogP contribution in [0.15, 0.2) is 54.6 Å². The van der Waals surface area contributed by atoms with Crippen molar-refractivity contribution in [1.82, 2.24) is 20.5 Å². The molecule has 1 aliphatic rings. The van der Waals surface area contributed by atoms with Gasteiger partial charge in [0, 0.05) is 17.5 Å². The minimum absolute atomic E-state index is 0.0961. The van der Waals surface area contributed by atoms with Crippen molar-refractivity contribution in [2.24, 2.45) is 0 Å². The molecule has 0 radical (unpaired) electrons. The Balaban J connectivity index is 1.59. The van der Waals surface area contributed by atoms with Gasteiger partial charge in [0.1, 0.15) is 6.04 Å². The third-order valence-corrected chi connectivity index (χ3v) is 4.27. The van der Waals surface area contributed by atoms with Gasteiger partial charge in [-0.25, -0.2) is 4.98 Å². The van der Waals surface area contributed by atoms with Crippen molar-refractivity contribution >= 4 is 17.5 Å². The molecule has 7 heteroatoms. The lowest BCUT2D eigenvalue weighted by atomic mass is 10.1. The molecular formula is C19H17N5O2. The first-order valence-corrected chi connectivity index (χ1v) is 8.38. The van der Waals surface area contributed by atoms with Crippen LogP contribution in [0.5, 0.6) is 0 Å². The molecule has 1 aromatic heterocycles. The Morgan fingerprint density at radius 3 is 2.62 bits per heavy atom. The fourth-order valence-corrected chi connectivity index (χ4v) is 2.93. The van der Waals surface area contributed by atoms with Gasteiger partial charge in [0.25, 0.3) is 0 Å². The zero-order chi connectivity index (χ0) is 17.9. The molecule has 3 aromatic rings. The van der Waals surface area contributed by atoms with E-state index in [-0.39, 0.29) is 11.8 Å². The third-order valence-electron chi connectivity index (χ3n) is 4.27. The maximum absolute atomic E-state index is 12.4. The van der Waals surface area contributed by atoms with Gasteiger partial charge < -0.3 is 10.6 Å². The molecule has 130 valence electrons. The molecule has 1 unspecified atom stereocenters. The van der Waals surface area contributed by atoms with Crippen LogP contribution < -0.4 is 10.6 Å². The Morgan fingerprint density at radius 2 is 1.85 bits per heavy atom. The van der Waals surface area contributed by atoms with Crippen LogP contribution in [0, 0.1) is 0 Å². The van der Waals surface area contributed by atoms with E-state index in [9.17, 15) is 9.59 Å². The van der Waals surface area contributed by atoms with Crippen molar-refractivity contribution < 1.29 is 9.59 Å². The molecule has 0 bridgehead atoms. The predicted molar refractivity (Wildman–Crippen MR) is 97.0 cm³/mol. The number of nitrogens with one attached hydrogen (secondary N) is 3. The zero-order valence-electron chi connectivity index (χ0n) is 13.9. The fourth-order valence-electron chi connectivity index (χ4n) is 2.93. The lowest BCUT2D eigenvalue weighted by Gasteiger charge is -2.13. The standard InChI is InChI=1S/C19H17N5O2/c25-16-11-10-15(20-16)19(26)21-14-9-5-4-8-13(14)18-22-17(23-24-18)12-6-2-1-3-7-12/h1-9,15H,10-11H2,(H,20,25)(H,21,26)(H,22,23,24). The van der Waals surface area contributed by atoms with Crippen LogP contribution in [0.25, 0.3) is 22.8 Å². The number of anilines is 1. The van der Waals surface area contributed by atoms with Crippen LogP contribution in [0.2, 0.25) is 0 Å². The summed E-state index contributed by atoms with van der Waals surface area (Å²) in [5.74, 6) is 0.826. The van der Waals surface area contributed by atoms with Crippen molar-refractivity contribution in [1.29, 1.82) is 0 Å². The van der Waals surface area contributed by atoms with Crippen LogP contribution in [-0.4, -0.2) is 33.0 Å². The highest BCUT2D eigenvalue weighted by molar-refractivity contribution is 6.01. The minimum Gasteiger partial charge on any atom is -0.344 e. The maximum atomic E-state index is 12.4. The van der Waals surface area contributed by atoms with E-state index in [0.29, 0.717) is 30.2 Å². The van der Waals surface area contributed by atoms with E-state index in [1.807, 2.05) is 48.5 Å². The number of aromatic nitrogens is 3. The first kappa shape index (κ1) is 16.0. The molecule has 26 heavy (non-hydrogen) atoms. The van der Waals surface area contributed by atoms with Crippen LogP contribution in [0.1, 0.15) is 12.8 Å². The van der Waals surface area contributed by atoms with Gasteiger partial charge in [-0.2, -0.15) is 5.10 Å². The number of benzene rings is 2. The molecule has 1 saturated heterocycles. The lowest BCUT2D eigenvalue weighted by Crippen LogP contribution is -2.37. The summed E-state index contributed by atoms with van der Waals surface area (Å²) in [6.07, 6.45) is 0.884. The Labute approximate surface area is 149 Å². The number of carbonyl (C=O) groups is 2. The van der Waals surface area contributed by atoms with Gasteiger partial charge in [-0.3, -0.25) is 14.7 Å². The minimum atomic E-state index is -0.495. The fraction of sp³-hybridized carbons (Fsp3) is 0.158.